The second kappa shape index (κ2) is 2.65. The number of hydrogen-bond acceptors (Lipinski definition) is 2. The second-order valence-electron chi connectivity index (χ2n) is 0.713. The van der Waals surface area contributed by atoms with Gasteiger partial charge in [0.1, 0.15) is 0 Å². The Bertz CT molecular complexity index is 36.6. The number of hydrogen-bond donors (Lipinski definition) is 1. The van der Waals surface area contributed by atoms with Crippen LogP contribution in [0.4, 0.5) is 0 Å². The van der Waals surface area contributed by atoms with Crippen LogP contribution in [0.2, 0.25) is 0 Å². The van der Waals surface area contributed by atoms with Gasteiger partial charge in [0.25, 0.3) is 0 Å². The van der Waals surface area contributed by atoms with E-state index in [-0.39, 0.29) is 4.06 Å². The third-order valence-corrected chi connectivity index (χ3v) is 0.606. The molecule has 3 heteroatoms. The average molecular weight is 178 g/mol. The van der Waals surface area contributed by atoms with Crippen molar-refractivity contribution in [3.8, 4) is 0 Å². The number of carbonyl (C=O) groups excluding carboxylic acids is 1. The molecule has 2 radical (unpaired) electrons. The fourth-order valence-electron chi connectivity index (χ4n) is 0. The zero-order chi connectivity index (χ0) is 4.28. The molecular formula is C2H5NOSn. The van der Waals surface area contributed by atoms with Crippen LogP contribution in [-0.2, 0) is 4.79 Å². The van der Waals surface area contributed by atoms with Crippen molar-refractivity contribution in [1.82, 2.24) is 0 Å². The summed E-state index contributed by atoms with van der Waals surface area (Å²) in [5.41, 5.74) is 4.98. The Morgan fingerprint density at radius 1 is 2.00 bits per heavy atom. The molecule has 1 unspecified atom stereocenters. The standard InChI is InChI=1S/C2H4NO.Sn.H/c3-1-2-4;;/h1-2H,3H2;;. The van der Waals surface area contributed by atoms with E-state index in [1.54, 1.807) is 0 Å². The molecule has 0 aliphatic heterocycles. The fourth-order valence-corrected chi connectivity index (χ4v) is 0. The third kappa shape index (κ3) is 4.43. The van der Waals surface area contributed by atoms with Gasteiger partial charge in [-0.1, -0.05) is 0 Å². The molecule has 2 nitrogen and oxygen atoms in total. The molecule has 0 heterocycles. The van der Waals surface area contributed by atoms with Crippen LogP contribution in [0.25, 0.3) is 0 Å². The van der Waals surface area contributed by atoms with Crippen molar-refractivity contribution in [2.24, 2.45) is 5.73 Å². The van der Waals surface area contributed by atoms with E-state index < -0.39 is 0 Å². The summed E-state index contributed by atoms with van der Waals surface area (Å²) in [7, 11) is 0. The first kappa shape index (κ1) is 5.43. The van der Waals surface area contributed by atoms with E-state index >= 15 is 0 Å². The summed E-state index contributed by atoms with van der Waals surface area (Å²) in [4.78, 5) is 9.41. The van der Waals surface area contributed by atoms with E-state index in [1.165, 1.54) is 0 Å². The molecule has 0 spiro atoms. The van der Waals surface area contributed by atoms with Crippen LogP contribution >= 0.6 is 0 Å². The second-order valence-corrected chi connectivity index (χ2v) is 2.91. The summed E-state index contributed by atoms with van der Waals surface area (Å²) in [5, 5.41) is 0. The Hall–Kier alpha value is 0.429. The monoisotopic (exact) mass is 179 g/mol. The fraction of sp³-hybridized carbons (Fsp3) is 0.500. The summed E-state index contributed by atoms with van der Waals surface area (Å²) in [6.45, 7) is 0. The molecular weight excluding hydrogens is 173 g/mol. The number of rotatable bonds is 1. The van der Waals surface area contributed by atoms with Crippen molar-refractivity contribution in [2.45, 2.75) is 4.06 Å². The van der Waals surface area contributed by atoms with Crippen molar-refractivity contribution in [1.29, 1.82) is 0 Å². The van der Waals surface area contributed by atoms with Gasteiger partial charge in [0.2, 0.25) is 0 Å². The Kier molecular flexibility index (Phi) is 2.88. The maximum atomic E-state index is 9.41. The first-order valence-corrected chi connectivity index (χ1v) is 3.14. The van der Waals surface area contributed by atoms with Gasteiger partial charge in [-0.25, -0.2) is 0 Å². The first-order valence-electron chi connectivity index (χ1n) is 1.24. The number of nitrogens with two attached hydrogens (primary N) is 1. The quantitative estimate of drug-likeness (QED) is 0.386. The molecule has 0 rings (SSSR count). The molecule has 0 amide bonds. The zero-order valence-electron chi connectivity index (χ0n) is 2.72. The third-order valence-electron chi connectivity index (χ3n) is 0.157. The molecule has 1 atom stereocenters. The van der Waals surface area contributed by atoms with Crippen molar-refractivity contribution < 1.29 is 4.79 Å². The molecule has 0 bridgehead atoms. The van der Waals surface area contributed by atoms with Crippen LogP contribution in [0.3, 0.4) is 0 Å². The summed E-state index contributed by atoms with van der Waals surface area (Å²) < 4.78 is -0.166. The van der Waals surface area contributed by atoms with E-state index in [0.29, 0.717) is 0 Å². The van der Waals surface area contributed by atoms with Crippen LogP contribution in [-0.4, -0.2) is 32.9 Å². The van der Waals surface area contributed by atoms with Crippen molar-refractivity contribution in [3.05, 3.63) is 0 Å². The van der Waals surface area contributed by atoms with E-state index in [4.69, 9.17) is 5.73 Å². The van der Waals surface area contributed by atoms with Crippen LogP contribution in [0.15, 0.2) is 0 Å². The predicted octanol–water partition coefficient (Wildman–Crippen LogP) is -1.63. The van der Waals surface area contributed by atoms with Gasteiger partial charge in [-0.05, 0) is 0 Å². The van der Waals surface area contributed by atoms with Gasteiger partial charge in [0, 0.05) is 0 Å². The molecule has 0 aromatic rings. The summed E-state index contributed by atoms with van der Waals surface area (Å²) in [5.74, 6) is 0. The summed E-state index contributed by atoms with van der Waals surface area (Å²) >= 11 is 0.834. The van der Waals surface area contributed by atoms with Crippen molar-refractivity contribution in [2.75, 3.05) is 0 Å². The molecule has 0 fully saturated rings. The Morgan fingerprint density at radius 2 is 2.20 bits per heavy atom. The SMILES string of the molecule is N[CH]([SnH])C=O. The predicted molar refractivity (Wildman–Crippen MR) is 21.2 cm³/mol. The van der Waals surface area contributed by atoms with Crippen LogP contribution in [0.5, 0.6) is 0 Å². The molecule has 0 saturated heterocycles. The van der Waals surface area contributed by atoms with Crippen LogP contribution < -0.4 is 5.73 Å². The van der Waals surface area contributed by atoms with E-state index in [9.17, 15) is 4.79 Å². The number of carbonyl (C=O) groups is 1. The van der Waals surface area contributed by atoms with E-state index in [0.717, 1.165) is 28.8 Å². The van der Waals surface area contributed by atoms with Crippen molar-refractivity contribution in [3.63, 3.8) is 0 Å². The molecule has 28 valence electrons. The summed E-state index contributed by atoms with van der Waals surface area (Å²) in [6.07, 6.45) is 0.752. The average Bonchev–Trinajstić information content (AvgIpc) is 1.38. The van der Waals surface area contributed by atoms with Gasteiger partial charge in [0.15, 0.2) is 0 Å². The van der Waals surface area contributed by atoms with E-state index in [1.807, 2.05) is 0 Å². The minimum atomic E-state index is -0.166. The minimum absolute atomic E-state index is 0.166. The first-order chi connectivity index (χ1) is 2.27. The molecule has 0 aliphatic rings. The molecule has 5 heavy (non-hydrogen) atoms. The van der Waals surface area contributed by atoms with Crippen LogP contribution in [0.1, 0.15) is 0 Å². The maximum absolute atomic E-state index is 9.41. The van der Waals surface area contributed by atoms with Gasteiger partial charge in [-0.3, -0.25) is 0 Å². The molecule has 2 N–H and O–H groups in total. The van der Waals surface area contributed by atoms with Gasteiger partial charge in [0.05, 0.1) is 0 Å². The Balaban J connectivity index is 2.83. The molecule has 0 aliphatic carbocycles. The number of aldehydes is 1. The topological polar surface area (TPSA) is 43.1 Å². The van der Waals surface area contributed by atoms with Gasteiger partial charge in [-0.15, -0.1) is 0 Å². The van der Waals surface area contributed by atoms with Crippen molar-refractivity contribution >= 4 is 28.8 Å². The zero-order valence-corrected chi connectivity index (χ0v) is 6.01. The normalized spacial score (nSPS) is 14.0. The summed E-state index contributed by atoms with van der Waals surface area (Å²) in [6, 6.07) is 0. The molecule has 0 aromatic heterocycles. The Morgan fingerprint density at radius 3 is 2.20 bits per heavy atom. The molecule has 0 saturated carbocycles. The van der Waals surface area contributed by atoms with Gasteiger partial charge < -0.3 is 0 Å². The molecule has 0 aromatic carbocycles. The van der Waals surface area contributed by atoms with Gasteiger partial charge in [-0.2, -0.15) is 0 Å². The van der Waals surface area contributed by atoms with E-state index in [2.05, 4.69) is 0 Å². The van der Waals surface area contributed by atoms with Gasteiger partial charge >= 0.3 is 43.4 Å². The Labute approximate surface area is 43.8 Å². The van der Waals surface area contributed by atoms with Crippen LogP contribution in [0, 0.1) is 0 Å².